The number of nitrogens with zero attached hydrogens (tertiary/aromatic N) is 2. The summed E-state index contributed by atoms with van der Waals surface area (Å²) in [6.45, 7) is 4.04. The normalized spacial score (nSPS) is 12.1. The monoisotopic (exact) mass is 274 g/mol. The third kappa shape index (κ3) is 3.59. The van der Waals surface area contributed by atoms with Gasteiger partial charge in [-0.15, -0.1) is 11.3 Å². The second-order valence-corrected chi connectivity index (χ2v) is 6.49. The maximum absolute atomic E-state index is 9.22. The first-order valence-corrected chi connectivity index (χ1v) is 7.47. The third-order valence-electron chi connectivity index (χ3n) is 2.53. The number of hydrogen-bond donors (Lipinski definition) is 0. The number of thioether (sulfide) groups is 1. The van der Waals surface area contributed by atoms with Crippen LogP contribution in [-0.2, 0) is 6.42 Å². The van der Waals surface area contributed by atoms with Crippen LogP contribution >= 0.6 is 23.1 Å². The van der Waals surface area contributed by atoms with Crippen molar-refractivity contribution in [3.63, 3.8) is 0 Å². The van der Waals surface area contributed by atoms with E-state index < -0.39 is 0 Å². The van der Waals surface area contributed by atoms with Gasteiger partial charge in [-0.05, 0) is 25.8 Å². The zero-order valence-electron chi connectivity index (χ0n) is 10.4. The van der Waals surface area contributed by atoms with Crippen molar-refractivity contribution >= 4 is 23.1 Å². The van der Waals surface area contributed by atoms with Crippen molar-refractivity contribution in [2.45, 2.75) is 29.9 Å². The number of nitriles is 1. The maximum atomic E-state index is 9.22. The molecule has 0 radical (unpaired) electrons. The van der Waals surface area contributed by atoms with Gasteiger partial charge in [-0.25, -0.2) is 4.98 Å². The van der Waals surface area contributed by atoms with Crippen molar-refractivity contribution in [1.29, 1.82) is 5.26 Å². The van der Waals surface area contributed by atoms with E-state index in [0.29, 0.717) is 0 Å². The maximum Gasteiger partial charge on any atom is 0.151 e. The molecule has 1 aromatic carbocycles. The van der Waals surface area contributed by atoms with Crippen LogP contribution in [0.5, 0.6) is 0 Å². The molecule has 2 nitrogen and oxygen atoms in total. The standard InChI is InChI=1S/C14H14N2S2/c1-10-3-5-12(6-4-10)7-13(8-15)18-14-16-11(2)9-17-14/h3-6,9,13H,7H2,1-2H3/t13-/m0/s1. The Labute approximate surface area is 116 Å². The molecule has 18 heavy (non-hydrogen) atoms. The molecule has 1 aromatic heterocycles. The lowest BCUT2D eigenvalue weighted by molar-refractivity contribution is 1.02. The Morgan fingerprint density at radius 3 is 2.61 bits per heavy atom. The highest BCUT2D eigenvalue weighted by Gasteiger charge is 2.12. The molecule has 4 heteroatoms. The molecule has 0 aliphatic heterocycles. The Balaban J connectivity index is 2.02. The summed E-state index contributed by atoms with van der Waals surface area (Å²) >= 11 is 3.16. The minimum atomic E-state index is -0.0711. The summed E-state index contributed by atoms with van der Waals surface area (Å²) < 4.78 is 0.978. The summed E-state index contributed by atoms with van der Waals surface area (Å²) in [6.07, 6.45) is 0.764. The predicted octanol–water partition coefficient (Wildman–Crippen LogP) is 3.99. The van der Waals surface area contributed by atoms with Crippen LogP contribution in [0.2, 0.25) is 0 Å². The summed E-state index contributed by atoms with van der Waals surface area (Å²) in [5, 5.41) is 11.2. The molecule has 1 atom stereocenters. The molecular weight excluding hydrogens is 260 g/mol. The van der Waals surface area contributed by atoms with Crippen molar-refractivity contribution in [2.75, 3.05) is 0 Å². The van der Waals surface area contributed by atoms with E-state index in [1.165, 1.54) is 11.1 Å². The first kappa shape index (κ1) is 13.1. The molecule has 0 bridgehead atoms. The highest BCUT2D eigenvalue weighted by molar-refractivity contribution is 8.01. The average molecular weight is 274 g/mol. The molecule has 0 N–H and O–H groups in total. The average Bonchev–Trinajstić information content (AvgIpc) is 2.77. The van der Waals surface area contributed by atoms with Crippen molar-refractivity contribution in [2.24, 2.45) is 0 Å². The van der Waals surface area contributed by atoms with Gasteiger partial charge in [-0.1, -0.05) is 41.6 Å². The number of aryl methyl sites for hydroxylation is 2. The van der Waals surface area contributed by atoms with Crippen LogP contribution in [0.1, 0.15) is 16.8 Å². The molecule has 2 aromatic rings. The summed E-state index contributed by atoms with van der Waals surface area (Å²) in [5.74, 6) is 0. The molecule has 0 unspecified atom stereocenters. The highest BCUT2D eigenvalue weighted by atomic mass is 32.2. The lowest BCUT2D eigenvalue weighted by atomic mass is 10.1. The fourth-order valence-corrected chi connectivity index (χ4v) is 3.56. The highest BCUT2D eigenvalue weighted by Crippen LogP contribution is 2.28. The van der Waals surface area contributed by atoms with Crippen LogP contribution in [0, 0.1) is 25.2 Å². The third-order valence-corrected chi connectivity index (χ3v) is 4.71. The Kier molecular flexibility index (Phi) is 4.40. The van der Waals surface area contributed by atoms with E-state index in [4.69, 9.17) is 0 Å². The molecule has 0 spiro atoms. The van der Waals surface area contributed by atoms with Crippen LogP contribution in [0.15, 0.2) is 34.0 Å². The zero-order chi connectivity index (χ0) is 13.0. The van der Waals surface area contributed by atoms with Crippen molar-refractivity contribution in [1.82, 2.24) is 4.98 Å². The molecule has 0 amide bonds. The van der Waals surface area contributed by atoms with E-state index in [1.54, 1.807) is 23.1 Å². The fraction of sp³-hybridized carbons (Fsp3) is 0.286. The van der Waals surface area contributed by atoms with Gasteiger partial charge < -0.3 is 0 Å². The summed E-state index contributed by atoms with van der Waals surface area (Å²) in [7, 11) is 0. The van der Waals surface area contributed by atoms with Gasteiger partial charge in [0.2, 0.25) is 0 Å². The zero-order valence-corrected chi connectivity index (χ0v) is 12.0. The molecular formula is C14H14N2S2. The fourth-order valence-electron chi connectivity index (χ4n) is 1.56. The van der Waals surface area contributed by atoms with Gasteiger partial charge in [0.1, 0.15) is 5.25 Å². The van der Waals surface area contributed by atoms with Gasteiger partial charge in [0.15, 0.2) is 4.34 Å². The van der Waals surface area contributed by atoms with E-state index >= 15 is 0 Å². The van der Waals surface area contributed by atoms with Crippen molar-refractivity contribution < 1.29 is 0 Å². The van der Waals surface area contributed by atoms with Gasteiger partial charge in [0.25, 0.3) is 0 Å². The first-order valence-electron chi connectivity index (χ1n) is 5.71. The summed E-state index contributed by atoms with van der Waals surface area (Å²) in [5.41, 5.74) is 3.47. The number of thiazole rings is 1. The Hall–Kier alpha value is -1.31. The van der Waals surface area contributed by atoms with E-state index in [9.17, 15) is 5.26 Å². The van der Waals surface area contributed by atoms with Gasteiger partial charge in [0.05, 0.1) is 6.07 Å². The van der Waals surface area contributed by atoms with E-state index in [2.05, 4.69) is 42.2 Å². The Morgan fingerprint density at radius 1 is 1.33 bits per heavy atom. The smallest absolute Gasteiger partial charge is 0.151 e. The minimum absolute atomic E-state index is 0.0711. The quantitative estimate of drug-likeness (QED) is 0.791. The van der Waals surface area contributed by atoms with E-state index in [-0.39, 0.29) is 5.25 Å². The van der Waals surface area contributed by atoms with Gasteiger partial charge in [-0.2, -0.15) is 5.26 Å². The van der Waals surface area contributed by atoms with Crippen LogP contribution in [0.4, 0.5) is 0 Å². The summed E-state index contributed by atoms with van der Waals surface area (Å²) in [6, 6.07) is 10.7. The lowest BCUT2D eigenvalue weighted by Crippen LogP contribution is -2.03. The first-order chi connectivity index (χ1) is 8.67. The second-order valence-electron chi connectivity index (χ2n) is 4.18. The van der Waals surface area contributed by atoms with Crippen LogP contribution in [0.25, 0.3) is 0 Å². The molecule has 92 valence electrons. The number of benzene rings is 1. The lowest BCUT2D eigenvalue weighted by Gasteiger charge is -2.07. The van der Waals surface area contributed by atoms with E-state index in [0.717, 1.165) is 16.5 Å². The SMILES string of the molecule is Cc1ccc(C[C@@H](C#N)Sc2nc(C)cs2)cc1. The second kappa shape index (κ2) is 6.03. The topological polar surface area (TPSA) is 36.7 Å². The molecule has 0 aliphatic rings. The minimum Gasteiger partial charge on any atom is -0.235 e. The van der Waals surface area contributed by atoms with Crippen LogP contribution in [0.3, 0.4) is 0 Å². The molecule has 1 heterocycles. The summed E-state index contributed by atoms with van der Waals surface area (Å²) in [4.78, 5) is 4.38. The number of hydrogen-bond acceptors (Lipinski definition) is 4. The molecule has 2 rings (SSSR count). The largest absolute Gasteiger partial charge is 0.235 e. The number of rotatable bonds is 4. The number of aromatic nitrogens is 1. The predicted molar refractivity (Wildman–Crippen MR) is 77.0 cm³/mol. The Morgan fingerprint density at radius 2 is 2.06 bits per heavy atom. The van der Waals surface area contributed by atoms with Crippen molar-refractivity contribution in [3.05, 3.63) is 46.5 Å². The molecule has 0 fully saturated rings. The molecule has 0 saturated heterocycles. The van der Waals surface area contributed by atoms with Crippen LogP contribution in [-0.4, -0.2) is 10.2 Å². The molecule has 0 saturated carbocycles. The van der Waals surface area contributed by atoms with Crippen molar-refractivity contribution in [3.8, 4) is 6.07 Å². The van der Waals surface area contributed by atoms with Gasteiger partial charge in [-0.3, -0.25) is 0 Å². The van der Waals surface area contributed by atoms with Crippen LogP contribution < -0.4 is 0 Å². The van der Waals surface area contributed by atoms with E-state index in [1.807, 2.05) is 12.3 Å². The van der Waals surface area contributed by atoms with Gasteiger partial charge >= 0.3 is 0 Å². The molecule has 0 aliphatic carbocycles. The van der Waals surface area contributed by atoms with Gasteiger partial charge in [0, 0.05) is 11.1 Å². The Bertz CT molecular complexity index is 552.